The quantitative estimate of drug-likeness (QED) is 0.217. The molecule has 0 spiro atoms. The van der Waals surface area contributed by atoms with E-state index in [1.54, 1.807) is 18.5 Å². The molecule has 3 rings (SSSR count). The van der Waals surface area contributed by atoms with E-state index >= 15 is 0 Å². The van der Waals surface area contributed by atoms with Gasteiger partial charge in [0.1, 0.15) is 12.4 Å². The van der Waals surface area contributed by atoms with Crippen molar-refractivity contribution in [3.63, 3.8) is 0 Å². The van der Waals surface area contributed by atoms with E-state index in [4.69, 9.17) is 20.1 Å². The number of ketones is 1. The molecule has 2 aliphatic heterocycles. The van der Waals surface area contributed by atoms with E-state index < -0.39 is 5.92 Å². The molecule has 31 heavy (non-hydrogen) atoms. The summed E-state index contributed by atoms with van der Waals surface area (Å²) in [7, 11) is 0. The minimum Gasteiger partial charge on any atom is -0.464 e. The summed E-state index contributed by atoms with van der Waals surface area (Å²) in [5.41, 5.74) is 2.62. The number of nitrogens with zero attached hydrogens (tertiary/aromatic N) is 2. The predicted octanol–water partition coefficient (Wildman–Crippen LogP) is 0.474. The zero-order chi connectivity index (χ0) is 22.4. The molecule has 0 aromatic carbocycles. The van der Waals surface area contributed by atoms with Crippen LogP contribution >= 0.6 is 0 Å². The number of carbonyl (C=O) groups excluding carboxylic acids is 3. The number of hydrogen-bond acceptors (Lipinski definition) is 8. The van der Waals surface area contributed by atoms with Crippen LogP contribution in [0.2, 0.25) is 0 Å². The van der Waals surface area contributed by atoms with Gasteiger partial charge in [-0.05, 0) is 25.3 Å². The van der Waals surface area contributed by atoms with Crippen molar-refractivity contribution in [1.29, 1.82) is 5.41 Å². The van der Waals surface area contributed by atoms with Gasteiger partial charge in [-0.2, -0.15) is 0 Å². The van der Waals surface area contributed by atoms with Crippen molar-refractivity contribution in [2.24, 2.45) is 11.8 Å². The third-order valence-electron chi connectivity index (χ3n) is 5.86. The number of ether oxygens (including phenoxy) is 2. The molecule has 10 heteroatoms. The smallest absolute Gasteiger partial charge is 0.332 e. The lowest BCUT2D eigenvalue weighted by molar-refractivity contribution is -0.152. The molecule has 2 unspecified atom stereocenters. The Morgan fingerprint density at radius 1 is 1.32 bits per heavy atom. The number of esters is 1. The molecule has 0 aromatic heterocycles. The summed E-state index contributed by atoms with van der Waals surface area (Å²) in [6.45, 7) is 4.20. The van der Waals surface area contributed by atoms with Crippen LogP contribution in [0.25, 0.3) is 0 Å². The van der Waals surface area contributed by atoms with E-state index in [-0.39, 0.29) is 42.1 Å². The fourth-order valence-electron chi connectivity index (χ4n) is 4.15. The topological polar surface area (TPSA) is 132 Å². The van der Waals surface area contributed by atoms with Gasteiger partial charge in [-0.25, -0.2) is 4.79 Å². The van der Waals surface area contributed by atoms with Gasteiger partial charge in [0.2, 0.25) is 5.91 Å². The first-order valence-corrected chi connectivity index (χ1v) is 10.6. The largest absolute Gasteiger partial charge is 0.464 e. The monoisotopic (exact) mass is 434 g/mol. The second-order valence-corrected chi connectivity index (χ2v) is 7.89. The molecular formula is C21H30N4O6. The lowest BCUT2D eigenvalue weighted by atomic mass is 9.83. The minimum atomic E-state index is -0.763. The molecule has 0 saturated carbocycles. The summed E-state index contributed by atoms with van der Waals surface area (Å²) in [6, 6.07) is 0. The highest BCUT2D eigenvalue weighted by Crippen LogP contribution is 2.31. The Labute approximate surface area is 181 Å². The average Bonchev–Trinajstić information content (AvgIpc) is 3.20. The lowest BCUT2D eigenvalue weighted by Crippen LogP contribution is -2.42. The van der Waals surface area contributed by atoms with Gasteiger partial charge >= 0.3 is 5.97 Å². The van der Waals surface area contributed by atoms with Crippen molar-refractivity contribution in [1.82, 2.24) is 15.3 Å². The Hall–Kier alpha value is -2.72. The van der Waals surface area contributed by atoms with Gasteiger partial charge in [-0.3, -0.25) is 25.7 Å². The molecule has 1 fully saturated rings. The van der Waals surface area contributed by atoms with E-state index in [1.165, 1.54) is 0 Å². The first-order chi connectivity index (χ1) is 14.9. The molecule has 3 aliphatic rings. The summed E-state index contributed by atoms with van der Waals surface area (Å²) < 4.78 is 10.4. The number of nitrogens with one attached hydrogen (secondary N) is 2. The van der Waals surface area contributed by atoms with Crippen molar-refractivity contribution in [2.45, 2.75) is 32.3 Å². The summed E-state index contributed by atoms with van der Waals surface area (Å²) in [4.78, 5) is 40.3. The number of piperidine rings is 1. The molecule has 2 atom stereocenters. The van der Waals surface area contributed by atoms with Crippen LogP contribution in [0.15, 0.2) is 23.9 Å². The van der Waals surface area contributed by atoms with Crippen LogP contribution in [0.4, 0.5) is 0 Å². The SMILES string of the molecule is CCOC(=O)COC1CCN(C(=O)CCN2C=C3C=CC(C(=N)NO)C(=O)C3C2)CC1. The number of carbonyl (C=O) groups is 3. The number of fused-ring (bicyclic) bond motifs is 1. The average molecular weight is 434 g/mol. The molecular weight excluding hydrogens is 404 g/mol. The third kappa shape index (κ3) is 5.71. The molecule has 0 aromatic rings. The molecule has 1 amide bonds. The molecule has 2 heterocycles. The van der Waals surface area contributed by atoms with Crippen molar-refractivity contribution in [3.05, 3.63) is 23.9 Å². The molecule has 3 N–H and O–H groups in total. The number of likely N-dealkylation sites (tertiary alicyclic amines) is 1. The van der Waals surface area contributed by atoms with Crippen molar-refractivity contribution >= 4 is 23.5 Å². The van der Waals surface area contributed by atoms with Gasteiger partial charge in [-0.15, -0.1) is 0 Å². The van der Waals surface area contributed by atoms with Crippen LogP contribution in [0.1, 0.15) is 26.2 Å². The number of rotatable bonds is 8. The summed E-state index contributed by atoms with van der Waals surface area (Å²) >= 11 is 0. The first-order valence-electron chi connectivity index (χ1n) is 10.6. The van der Waals surface area contributed by atoms with Crippen LogP contribution < -0.4 is 5.48 Å². The Kier molecular flexibility index (Phi) is 7.80. The maximum Gasteiger partial charge on any atom is 0.332 e. The maximum absolute atomic E-state index is 12.6. The van der Waals surface area contributed by atoms with Crippen LogP contribution in [-0.4, -0.2) is 84.0 Å². The van der Waals surface area contributed by atoms with Crippen LogP contribution in [-0.2, 0) is 23.9 Å². The van der Waals surface area contributed by atoms with E-state index in [9.17, 15) is 14.4 Å². The van der Waals surface area contributed by atoms with E-state index in [0.29, 0.717) is 52.0 Å². The Bertz CT molecular complexity index is 772. The highest BCUT2D eigenvalue weighted by Gasteiger charge is 2.37. The van der Waals surface area contributed by atoms with E-state index in [2.05, 4.69) is 0 Å². The number of amidine groups is 1. The van der Waals surface area contributed by atoms with Gasteiger partial charge in [-0.1, -0.05) is 12.2 Å². The van der Waals surface area contributed by atoms with Gasteiger partial charge in [0, 0.05) is 38.8 Å². The van der Waals surface area contributed by atoms with Gasteiger partial charge < -0.3 is 19.3 Å². The number of amides is 1. The first kappa shape index (κ1) is 23.0. The van der Waals surface area contributed by atoms with Crippen LogP contribution in [0.3, 0.4) is 0 Å². The van der Waals surface area contributed by atoms with Crippen LogP contribution in [0, 0.1) is 17.2 Å². The second-order valence-electron chi connectivity index (χ2n) is 7.89. The van der Waals surface area contributed by atoms with Gasteiger partial charge in [0.05, 0.1) is 24.5 Å². The van der Waals surface area contributed by atoms with Crippen molar-refractivity contribution in [3.8, 4) is 0 Å². The number of allylic oxidation sites excluding steroid dienone is 1. The summed E-state index contributed by atoms with van der Waals surface area (Å²) in [6.07, 6.45) is 7.00. The normalized spacial score (nSPS) is 23.4. The number of Topliss-reactive ketones (excluding diaryl/α,β-unsaturated/α-hetero) is 1. The minimum absolute atomic E-state index is 0.0437. The third-order valence-corrected chi connectivity index (χ3v) is 5.86. The van der Waals surface area contributed by atoms with Gasteiger partial charge in [0.25, 0.3) is 0 Å². The predicted molar refractivity (Wildman–Crippen MR) is 110 cm³/mol. The molecule has 1 saturated heterocycles. The number of hydroxylamine groups is 1. The molecule has 10 nitrogen and oxygen atoms in total. The maximum atomic E-state index is 12.6. The Morgan fingerprint density at radius 2 is 2.06 bits per heavy atom. The standard InChI is InChI=1S/C21H30N4O6/c1-2-30-19(27)13-31-15-5-9-25(10-6-15)18(26)7-8-24-11-14-3-4-16(21(22)23-29)20(28)17(14)12-24/h3-4,11,15-17,29H,2,5-10,12-13H2,1H3,(H2,22,23). The van der Waals surface area contributed by atoms with Gasteiger partial charge in [0.15, 0.2) is 5.78 Å². The van der Waals surface area contributed by atoms with Crippen molar-refractivity contribution in [2.75, 3.05) is 39.4 Å². The Morgan fingerprint density at radius 3 is 2.74 bits per heavy atom. The fourth-order valence-corrected chi connectivity index (χ4v) is 4.15. The molecule has 0 bridgehead atoms. The fraction of sp³-hybridized carbons (Fsp3) is 0.619. The second kappa shape index (κ2) is 10.5. The lowest BCUT2D eigenvalue weighted by Gasteiger charge is -2.32. The van der Waals surface area contributed by atoms with E-state index in [1.807, 2.05) is 22.1 Å². The summed E-state index contributed by atoms with van der Waals surface area (Å²) in [5.74, 6) is -1.77. The molecule has 0 radical (unpaired) electrons. The summed E-state index contributed by atoms with van der Waals surface area (Å²) in [5, 5.41) is 16.5. The Balaban J connectivity index is 1.39. The van der Waals surface area contributed by atoms with Crippen LogP contribution in [0.5, 0.6) is 0 Å². The zero-order valence-electron chi connectivity index (χ0n) is 17.7. The highest BCUT2D eigenvalue weighted by molar-refractivity contribution is 6.07. The van der Waals surface area contributed by atoms with Crippen molar-refractivity contribution < 1.29 is 29.1 Å². The number of hydrogen-bond donors (Lipinski definition) is 3. The molecule has 170 valence electrons. The highest BCUT2D eigenvalue weighted by atomic mass is 16.6. The van der Waals surface area contributed by atoms with E-state index in [0.717, 1.165) is 5.57 Å². The zero-order valence-corrected chi connectivity index (χ0v) is 17.7. The molecule has 1 aliphatic carbocycles.